The van der Waals surface area contributed by atoms with Crippen molar-refractivity contribution in [3.05, 3.63) is 0 Å². The number of methoxy groups -OCH3 is 1. The van der Waals surface area contributed by atoms with Crippen LogP contribution in [0.15, 0.2) is 0 Å². The van der Waals surface area contributed by atoms with E-state index in [1.807, 2.05) is 0 Å². The van der Waals surface area contributed by atoms with Gasteiger partial charge in [-0.15, -0.1) is 12.4 Å². The third-order valence-electron chi connectivity index (χ3n) is 5.01. The summed E-state index contributed by atoms with van der Waals surface area (Å²) in [5.41, 5.74) is -0.298. The van der Waals surface area contributed by atoms with Crippen LogP contribution in [0.2, 0.25) is 0 Å². The molecule has 2 fully saturated rings. The second kappa shape index (κ2) is 9.65. The number of piperidine rings is 1. The third-order valence-corrected chi connectivity index (χ3v) is 5.01. The number of carbonyl (C=O) groups is 1. The van der Waals surface area contributed by atoms with Crippen molar-refractivity contribution in [2.75, 3.05) is 33.4 Å². The molecule has 2 aliphatic rings. The van der Waals surface area contributed by atoms with Gasteiger partial charge in [-0.05, 0) is 44.7 Å². The first kappa shape index (κ1) is 18.7. The monoisotopic (exact) mass is 318 g/mol. The summed E-state index contributed by atoms with van der Waals surface area (Å²) < 4.78 is 5.30. The standard InChI is InChI=1S/C16H30N2O2.ClH/c1-20-13-16(8-11-17-12-9-16)15(19)18-10-4-7-14-5-2-3-6-14;/h14,17H,2-13H2,1H3,(H,18,19);1H. The minimum Gasteiger partial charge on any atom is -0.384 e. The van der Waals surface area contributed by atoms with Crippen LogP contribution in [0.4, 0.5) is 0 Å². The number of carbonyl (C=O) groups excluding carboxylic acids is 1. The fraction of sp³-hybridized carbons (Fsp3) is 0.938. The Kier molecular flexibility index (Phi) is 8.60. The molecular formula is C16H31ClN2O2. The molecule has 0 atom stereocenters. The minimum absolute atomic E-state index is 0. The Morgan fingerprint density at radius 2 is 1.95 bits per heavy atom. The van der Waals surface area contributed by atoms with Gasteiger partial charge in [0.2, 0.25) is 5.91 Å². The molecule has 2 N–H and O–H groups in total. The summed E-state index contributed by atoms with van der Waals surface area (Å²) >= 11 is 0. The lowest BCUT2D eigenvalue weighted by Gasteiger charge is -2.35. The number of halogens is 1. The number of nitrogens with one attached hydrogen (secondary N) is 2. The first-order valence-corrected chi connectivity index (χ1v) is 8.25. The predicted molar refractivity (Wildman–Crippen MR) is 87.9 cm³/mol. The molecule has 1 amide bonds. The van der Waals surface area contributed by atoms with Crippen molar-refractivity contribution in [2.45, 2.75) is 51.4 Å². The lowest BCUT2D eigenvalue weighted by molar-refractivity contribution is -0.136. The van der Waals surface area contributed by atoms with Crippen LogP contribution in [0.1, 0.15) is 51.4 Å². The number of ether oxygens (including phenoxy) is 1. The van der Waals surface area contributed by atoms with Gasteiger partial charge in [0, 0.05) is 13.7 Å². The fourth-order valence-corrected chi connectivity index (χ4v) is 3.70. The van der Waals surface area contributed by atoms with Gasteiger partial charge in [-0.3, -0.25) is 4.79 Å². The summed E-state index contributed by atoms with van der Waals surface area (Å²) in [5, 5.41) is 6.48. The first-order chi connectivity index (χ1) is 9.77. The SMILES string of the molecule is COCC1(C(=O)NCCCC2CCCC2)CCNCC1.Cl. The number of hydrogen-bond donors (Lipinski definition) is 2. The lowest BCUT2D eigenvalue weighted by Crippen LogP contribution is -2.50. The largest absolute Gasteiger partial charge is 0.384 e. The zero-order valence-corrected chi connectivity index (χ0v) is 14.1. The van der Waals surface area contributed by atoms with E-state index in [9.17, 15) is 4.79 Å². The highest BCUT2D eigenvalue weighted by Crippen LogP contribution is 2.30. The molecule has 0 radical (unpaired) electrons. The average Bonchev–Trinajstić information content (AvgIpc) is 2.98. The highest BCUT2D eigenvalue weighted by molar-refractivity contribution is 5.85. The molecular weight excluding hydrogens is 288 g/mol. The maximum Gasteiger partial charge on any atom is 0.228 e. The summed E-state index contributed by atoms with van der Waals surface area (Å²) in [7, 11) is 1.69. The van der Waals surface area contributed by atoms with Gasteiger partial charge in [0.1, 0.15) is 0 Å². The molecule has 0 bridgehead atoms. The van der Waals surface area contributed by atoms with E-state index in [0.717, 1.165) is 44.8 Å². The summed E-state index contributed by atoms with van der Waals surface area (Å²) in [6, 6.07) is 0. The third kappa shape index (κ3) is 5.42. The summed E-state index contributed by atoms with van der Waals surface area (Å²) in [6.07, 6.45) is 9.77. The molecule has 0 spiro atoms. The van der Waals surface area contributed by atoms with E-state index in [-0.39, 0.29) is 23.7 Å². The van der Waals surface area contributed by atoms with Crippen LogP contribution < -0.4 is 10.6 Å². The van der Waals surface area contributed by atoms with E-state index in [0.29, 0.717) is 6.61 Å². The van der Waals surface area contributed by atoms with E-state index in [1.165, 1.54) is 32.1 Å². The van der Waals surface area contributed by atoms with Gasteiger partial charge in [0.05, 0.1) is 12.0 Å². The molecule has 1 saturated heterocycles. The molecule has 1 aliphatic heterocycles. The van der Waals surface area contributed by atoms with E-state index >= 15 is 0 Å². The summed E-state index contributed by atoms with van der Waals surface area (Å²) in [6.45, 7) is 3.20. The number of rotatable bonds is 7. The quantitative estimate of drug-likeness (QED) is 0.709. The van der Waals surface area contributed by atoms with Gasteiger partial charge in [-0.1, -0.05) is 25.7 Å². The van der Waals surface area contributed by atoms with E-state index < -0.39 is 0 Å². The maximum atomic E-state index is 12.5. The normalized spacial score (nSPS) is 21.8. The second-order valence-corrected chi connectivity index (χ2v) is 6.51. The Morgan fingerprint density at radius 3 is 2.57 bits per heavy atom. The van der Waals surface area contributed by atoms with Crippen LogP contribution >= 0.6 is 12.4 Å². The van der Waals surface area contributed by atoms with Crippen LogP contribution in [0.25, 0.3) is 0 Å². The lowest BCUT2D eigenvalue weighted by atomic mass is 9.78. The molecule has 5 heteroatoms. The highest BCUT2D eigenvalue weighted by atomic mass is 35.5. The molecule has 4 nitrogen and oxygen atoms in total. The Bertz CT molecular complexity index is 295. The van der Waals surface area contributed by atoms with Crippen LogP contribution in [0, 0.1) is 11.3 Å². The Balaban J connectivity index is 0.00000220. The second-order valence-electron chi connectivity index (χ2n) is 6.51. The molecule has 124 valence electrons. The van der Waals surface area contributed by atoms with Crippen molar-refractivity contribution in [3.63, 3.8) is 0 Å². The molecule has 0 aromatic carbocycles. The minimum atomic E-state index is -0.298. The fourth-order valence-electron chi connectivity index (χ4n) is 3.70. The van der Waals surface area contributed by atoms with Crippen LogP contribution in [-0.2, 0) is 9.53 Å². The molecule has 1 heterocycles. The van der Waals surface area contributed by atoms with E-state index in [1.54, 1.807) is 7.11 Å². The van der Waals surface area contributed by atoms with Gasteiger partial charge in [0.15, 0.2) is 0 Å². The van der Waals surface area contributed by atoms with Gasteiger partial charge in [-0.2, -0.15) is 0 Å². The van der Waals surface area contributed by atoms with Gasteiger partial charge < -0.3 is 15.4 Å². The van der Waals surface area contributed by atoms with Crippen LogP contribution in [-0.4, -0.2) is 39.3 Å². The summed E-state index contributed by atoms with van der Waals surface area (Å²) in [5.74, 6) is 1.12. The van der Waals surface area contributed by atoms with Gasteiger partial charge in [-0.25, -0.2) is 0 Å². The van der Waals surface area contributed by atoms with Crippen molar-refractivity contribution >= 4 is 18.3 Å². The van der Waals surface area contributed by atoms with Crippen LogP contribution in [0.5, 0.6) is 0 Å². The topological polar surface area (TPSA) is 50.4 Å². The average molecular weight is 319 g/mol. The highest BCUT2D eigenvalue weighted by Gasteiger charge is 2.39. The molecule has 2 rings (SSSR count). The molecule has 0 aromatic rings. The number of amides is 1. The van der Waals surface area contributed by atoms with Crippen molar-refractivity contribution in [2.24, 2.45) is 11.3 Å². The van der Waals surface area contributed by atoms with Crippen molar-refractivity contribution in [1.29, 1.82) is 0 Å². The van der Waals surface area contributed by atoms with Crippen molar-refractivity contribution in [1.82, 2.24) is 10.6 Å². The Morgan fingerprint density at radius 1 is 1.29 bits per heavy atom. The Labute approximate surface area is 135 Å². The molecule has 1 aliphatic carbocycles. The smallest absolute Gasteiger partial charge is 0.228 e. The summed E-state index contributed by atoms with van der Waals surface area (Å²) in [4.78, 5) is 12.5. The van der Waals surface area contributed by atoms with E-state index in [4.69, 9.17) is 4.74 Å². The van der Waals surface area contributed by atoms with Crippen LogP contribution in [0.3, 0.4) is 0 Å². The van der Waals surface area contributed by atoms with E-state index in [2.05, 4.69) is 10.6 Å². The van der Waals surface area contributed by atoms with Crippen molar-refractivity contribution < 1.29 is 9.53 Å². The molecule has 1 saturated carbocycles. The van der Waals surface area contributed by atoms with Gasteiger partial charge >= 0.3 is 0 Å². The maximum absolute atomic E-state index is 12.5. The first-order valence-electron chi connectivity index (χ1n) is 8.25. The van der Waals surface area contributed by atoms with Gasteiger partial charge in [0.25, 0.3) is 0 Å². The zero-order valence-electron chi connectivity index (χ0n) is 13.3. The molecule has 21 heavy (non-hydrogen) atoms. The molecule has 0 aromatic heterocycles. The zero-order chi connectivity index (χ0) is 14.3. The Hall–Kier alpha value is -0.320. The van der Waals surface area contributed by atoms with Crippen molar-refractivity contribution in [3.8, 4) is 0 Å². The molecule has 0 unspecified atom stereocenters. The predicted octanol–water partition coefficient (Wildman–Crippen LogP) is 2.51. The number of hydrogen-bond acceptors (Lipinski definition) is 3.